The van der Waals surface area contributed by atoms with Gasteiger partial charge in [-0.1, -0.05) is 12.1 Å². The molecule has 0 N–H and O–H groups in total. The van der Waals surface area contributed by atoms with Gasteiger partial charge < -0.3 is 4.74 Å². The SMILES string of the molecule is COC(=O)c1c(F)cc(-c2ccc(F)cc2)cc1F. The maximum absolute atomic E-state index is 13.7. The molecule has 2 aromatic rings. The standard InChI is InChI=1S/C14H9F3O2/c1-19-14(18)13-11(16)6-9(7-12(13)17)8-2-4-10(15)5-3-8/h2-7H,1H3. The molecule has 0 aliphatic heterocycles. The van der Waals surface area contributed by atoms with Gasteiger partial charge >= 0.3 is 5.97 Å². The second kappa shape index (κ2) is 5.14. The first-order valence-electron chi connectivity index (χ1n) is 5.36. The zero-order valence-corrected chi connectivity index (χ0v) is 9.91. The fourth-order valence-electron chi connectivity index (χ4n) is 1.68. The minimum atomic E-state index is -1.08. The summed E-state index contributed by atoms with van der Waals surface area (Å²) in [6.45, 7) is 0. The number of halogens is 3. The molecule has 0 unspecified atom stereocenters. The van der Waals surface area contributed by atoms with E-state index < -0.39 is 29.0 Å². The predicted octanol–water partition coefficient (Wildman–Crippen LogP) is 3.56. The Kier molecular flexibility index (Phi) is 3.55. The molecule has 0 radical (unpaired) electrons. The molecule has 0 aliphatic carbocycles. The molecule has 2 aromatic carbocycles. The molecule has 2 rings (SSSR count). The fourth-order valence-corrected chi connectivity index (χ4v) is 1.68. The van der Waals surface area contributed by atoms with E-state index in [-0.39, 0.29) is 5.56 Å². The molecule has 0 fully saturated rings. The first-order valence-corrected chi connectivity index (χ1v) is 5.36. The number of rotatable bonds is 2. The summed E-state index contributed by atoms with van der Waals surface area (Å²) in [4.78, 5) is 11.2. The first-order chi connectivity index (χ1) is 9.02. The first kappa shape index (κ1) is 13.1. The average Bonchev–Trinajstić information content (AvgIpc) is 2.38. The normalized spacial score (nSPS) is 10.3. The van der Waals surface area contributed by atoms with Crippen LogP contribution >= 0.6 is 0 Å². The molecule has 19 heavy (non-hydrogen) atoms. The van der Waals surface area contributed by atoms with Crippen LogP contribution in [0.2, 0.25) is 0 Å². The molecule has 0 bridgehead atoms. The van der Waals surface area contributed by atoms with Crippen LogP contribution in [-0.4, -0.2) is 13.1 Å². The Hall–Kier alpha value is -2.30. The Balaban J connectivity index is 2.51. The maximum atomic E-state index is 13.7. The van der Waals surface area contributed by atoms with Crippen molar-refractivity contribution in [3.63, 3.8) is 0 Å². The third-order valence-corrected chi connectivity index (χ3v) is 2.61. The second-order valence-electron chi connectivity index (χ2n) is 3.81. The van der Waals surface area contributed by atoms with E-state index in [0.717, 1.165) is 19.2 Å². The summed E-state index contributed by atoms with van der Waals surface area (Å²) >= 11 is 0. The number of benzene rings is 2. The highest BCUT2D eigenvalue weighted by atomic mass is 19.1. The smallest absolute Gasteiger partial charge is 0.343 e. The lowest BCUT2D eigenvalue weighted by Crippen LogP contribution is -2.08. The van der Waals surface area contributed by atoms with E-state index in [1.807, 2.05) is 0 Å². The molecular formula is C14H9F3O2. The van der Waals surface area contributed by atoms with E-state index in [0.29, 0.717) is 5.56 Å². The minimum Gasteiger partial charge on any atom is -0.465 e. The molecular weight excluding hydrogens is 257 g/mol. The Labute approximate surface area is 107 Å². The van der Waals surface area contributed by atoms with Gasteiger partial charge in [0.25, 0.3) is 0 Å². The van der Waals surface area contributed by atoms with Crippen LogP contribution in [0.1, 0.15) is 10.4 Å². The minimum absolute atomic E-state index is 0.211. The summed E-state index contributed by atoms with van der Waals surface area (Å²) in [5, 5.41) is 0. The van der Waals surface area contributed by atoms with Gasteiger partial charge in [0.2, 0.25) is 0 Å². The highest BCUT2D eigenvalue weighted by Crippen LogP contribution is 2.25. The molecule has 0 heterocycles. The molecule has 5 heteroatoms. The van der Waals surface area contributed by atoms with Crippen LogP contribution in [0.5, 0.6) is 0 Å². The van der Waals surface area contributed by atoms with Crippen LogP contribution in [0.15, 0.2) is 36.4 Å². The summed E-state index contributed by atoms with van der Waals surface area (Å²) in [5.74, 6) is -3.58. The van der Waals surface area contributed by atoms with Crippen molar-refractivity contribution in [1.82, 2.24) is 0 Å². The lowest BCUT2D eigenvalue weighted by Gasteiger charge is -2.07. The van der Waals surface area contributed by atoms with Crippen LogP contribution in [0.3, 0.4) is 0 Å². The van der Waals surface area contributed by atoms with Crippen molar-refractivity contribution in [2.75, 3.05) is 7.11 Å². The zero-order chi connectivity index (χ0) is 14.0. The number of esters is 1. The summed E-state index contributed by atoms with van der Waals surface area (Å²) in [6, 6.07) is 7.15. The van der Waals surface area contributed by atoms with Gasteiger partial charge in [0, 0.05) is 0 Å². The molecule has 0 spiro atoms. The van der Waals surface area contributed by atoms with Crippen LogP contribution in [0, 0.1) is 17.5 Å². The lowest BCUT2D eigenvalue weighted by molar-refractivity contribution is 0.0590. The van der Waals surface area contributed by atoms with Gasteiger partial charge in [0.1, 0.15) is 23.0 Å². The van der Waals surface area contributed by atoms with Crippen molar-refractivity contribution < 1.29 is 22.7 Å². The Morgan fingerprint density at radius 1 is 0.947 bits per heavy atom. The van der Waals surface area contributed by atoms with E-state index in [2.05, 4.69) is 4.74 Å². The third-order valence-electron chi connectivity index (χ3n) is 2.61. The van der Waals surface area contributed by atoms with Crippen LogP contribution in [0.25, 0.3) is 11.1 Å². The van der Waals surface area contributed by atoms with Gasteiger partial charge in [-0.25, -0.2) is 18.0 Å². The van der Waals surface area contributed by atoms with E-state index in [9.17, 15) is 18.0 Å². The van der Waals surface area contributed by atoms with Gasteiger partial charge in [-0.3, -0.25) is 0 Å². The molecule has 0 atom stereocenters. The topological polar surface area (TPSA) is 26.3 Å². The Morgan fingerprint density at radius 2 is 1.47 bits per heavy atom. The highest BCUT2D eigenvalue weighted by molar-refractivity contribution is 5.90. The molecule has 0 aliphatic rings. The number of carbonyl (C=O) groups excluding carboxylic acids is 1. The quantitative estimate of drug-likeness (QED) is 0.777. The number of ether oxygens (including phenoxy) is 1. The van der Waals surface area contributed by atoms with Crippen molar-refractivity contribution in [1.29, 1.82) is 0 Å². The van der Waals surface area contributed by atoms with Gasteiger partial charge in [-0.05, 0) is 35.4 Å². The third kappa shape index (κ3) is 2.59. The van der Waals surface area contributed by atoms with Crippen molar-refractivity contribution in [2.24, 2.45) is 0 Å². The van der Waals surface area contributed by atoms with Crippen molar-refractivity contribution >= 4 is 5.97 Å². The predicted molar refractivity (Wildman–Crippen MR) is 63.1 cm³/mol. The lowest BCUT2D eigenvalue weighted by atomic mass is 10.0. The van der Waals surface area contributed by atoms with Gasteiger partial charge in [-0.15, -0.1) is 0 Å². The largest absolute Gasteiger partial charge is 0.465 e. The van der Waals surface area contributed by atoms with Gasteiger partial charge in [-0.2, -0.15) is 0 Å². The second-order valence-corrected chi connectivity index (χ2v) is 3.81. The van der Waals surface area contributed by atoms with Crippen molar-refractivity contribution in [3.05, 3.63) is 59.4 Å². The molecule has 98 valence electrons. The molecule has 0 saturated carbocycles. The molecule has 0 aromatic heterocycles. The van der Waals surface area contributed by atoms with Crippen molar-refractivity contribution in [3.8, 4) is 11.1 Å². The number of hydrogen-bond donors (Lipinski definition) is 0. The number of carbonyl (C=O) groups is 1. The monoisotopic (exact) mass is 266 g/mol. The fraction of sp³-hybridized carbons (Fsp3) is 0.0714. The molecule has 0 saturated heterocycles. The Bertz CT molecular complexity index is 598. The van der Waals surface area contributed by atoms with Crippen molar-refractivity contribution in [2.45, 2.75) is 0 Å². The summed E-state index contributed by atoms with van der Waals surface area (Å²) < 4.78 is 44.5. The van der Waals surface area contributed by atoms with Crippen LogP contribution in [0.4, 0.5) is 13.2 Å². The van der Waals surface area contributed by atoms with Gasteiger partial charge in [0.15, 0.2) is 0 Å². The Morgan fingerprint density at radius 3 is 1.95 bits per heavy atom. The van der Waals surface area contributed by atoms with E-state index >= 15 is 0 Å². The van der Waals surface area contributed by atoms with Crippen LogP contribution in [-0.2, 0) is 4.74 Å². The average molecular weight is 266 g/mol. The molecule has 0 amide bonds. The van der Waals surface area contributed by atoms with E-state index in [1.165, 1.54) is 24.3 Å². The number of hydrogen-bond acceptors (Lipinski definition) is 2. The van der Waals surface area contributed by atoms with E-state index in [4.69, 9.17) is 0 Å². The zero-order valence-electron chi connectivity index (χ0n) is 9.91. The van der Waals surface area contributed by atoms with E-state index in [1.54, 1.807) is 0 Å². The number of methoxy groups -OCH3 is 1. The van der Waals surface area contributed by atoms with Gasteiger partial charge in [0.05, 0.1) is 7.11 Å². The molecule has 2 nitrogen and oxygen atoms in total. The summed E-state index contributed by atoms with van der Waals surface area (Å²) in [7, 11) is 1.04. The summed E-state index contributed by atoms with van der Waals surface area (Å²) in [5.41, 5.74) is -0.0911. The highest BCUT2D eigenvalue weighted by Gasteiger charge is 2.19. The summed E-state index contributed by atoms with van der Waals surface area (Å²) in [6.07, 6.45) is 0. The van der Waals surface area contributed by atoms with Crippen LogP contribution < -0.4 is 0 Å². The maximum Gasteiger partial charge on any atom is 0.343 e.